The Balaban J connectivity index is 2.42. The highest BCUT2D eigenvalue weighted by atomic mass is 32.1. The number of hydrogen-bond donors (Lipinski definition) is 1. The Morgan fingerprint density at radius 1 is 1.38 bits per heavy atom. The molecule has 0 fully saturated rings. The second kappa shape index (κ2) is 4.32. The van der Waals surface area contributed by atoms with E-state index < -0.39 is 0 Å². The summed E-state index contributed by atoms with van der Waals surface area (Å²) in [5.74, 6) is 0. The molecule has 0 bridgehead atoms. The number of para-hydroxylation sites is 1. The average molecular weight is 234 g/mol. The number of thiophene rings is 1. The molecule has 0 unspecified atom stereocenters. The van der Waals surface area contributed by atoms with Crippen LogP contribution in [0.4, 0.5) is 17.1 Å². The van der Waals surface area contributed by atoms with Gasteiger partial charge in [-0.2, -0.15) is 11.3 Å². The first kappa shape index (κ1) is 10.6. The second-order valence-electron chi connectivity index (χ2n) is 3.36. The minimum absolute atomic E-state index is 0.103. The number of nitrogens with one attached hydrogen (secondary N) is 1. The van der Waals surface area contributed by atoms with Crippen molar-refractivity contribution in [2.24, 2.45) is 0 Å². The smallest absolute Gasteiger partial charge is 0.292 e. The highest BCUT2D eigenvalue weighted by Gasteiger charge is 2.15. The molecule has 0 aliphatic rings. The number of anilines is 2. The van der Waals surface area contributed by atoms with E-state index >= 15 is 0 Å². The van der Waals surface area contributed by atoms with E-state index in [0.29, 0.717) is 5.69 Å². The van der Waals surface area contributed by atoms with Gasteiger partial charge in [-0.3, -0.25) is 10.1 Å². The highest BCUT2D eigenvalue weighted by molar-refractivity contribution is 7.08. The van der Waals surface area contributed by atoms with Crippen LogP contribution in [0.1, 0.15) is 5.56 Å². The maximum absolute atomic E-state index is 10.9. The lowest BCUT2D eigenvalue weighted by molar-refractivity contribution is -0.383. The van der Waals surface area contributed by atoms with Crippen LogP contribution in [0, 0.1) is 17.0 Å². The number of hydrogen-bond acceptors (Lipinski definition) is 4. The molecule has 1 heterocycles. The number of benzene rings is 1. The maximum Gasteiger partial charge on any atom is 0.292 e. The Hall–Kier alpha value is -1.88. The fraction of sp³-hybridized carbons (Fsp3) is 0.0909. The van der Waals surface area contributed by atoms with Gasteiger partial charge in [-0.1, -0.05) is 12.1 Å². The van der Waals surface area contributed by atoms with Crippen molar-refractivity contribution in [3.63, 3.8) is 0 Å². The van der Waals surface area contributed by atoms with Crippen LogP contribution < -0.4 is 5.32 Å². The summed E-state index contributed by atoms with van der Waals surface area (Å²) in [5.41, 5.74) is 2.40. The van der Waals surface area contributed by atoms with Crippen LogP contribution in [0.5, 0.6) is 0 Å². The zero-order valence-electron chi connectivity index (χ0n) is 8.64. The lowest BCUT2D eigenvalue weighted by Crippen LogP contribution is -1.98. The fourth-order valence-electron chi connectivity index (χ4n) is 1.45. The van der Waals surface area contributed by atoms with Crippen molar-refractivity contribution in [1.82, 2.24) is 0 Å². The Kier molecular flexibility index (Phi) is 2.87. The Bertz CT molecular complexity index is 509. The molecular formula is C11H10N2O2S. The molecule has 2 aromatic rings. The van der Waals surface area contributed by atoms with E-state index in [2.05, 4.69) is 5.32 Å². The fourth-order valence-corrected chi connectivity index (χ4v) is 2.03. The largest absolute Gasteiger partial charge is 0.349 e. The number of aryl methyl sites for hydroxylation is 1. The first-order valence-electron chi connectivity index (χ1n) is 4.71. The summed E-state index contributed by atoms with van der Waals surface area (Å²) in [4.78, 5) is 10.5. The van der Waals surface area contributed by atoms with Crippen LogP contribution in [0.3, 0.4) is 0 Å². The number of rotatable bonds is 3. The monoisotopic (exact) mass is 234 g/mol. The molecule has 4 nitrogen and oxygen atoms in total. The lowest BCUT2D eigenvalue weighted by atomic mass is 10.1. The normalized spacial score (nSPS) is 10.1. The van der Waals surface area contributed by atoms with E-state index in [1.165, 1.54) is 6.07 Å². The van der Waals surface area contributed by atoms with Gasteiger partial charge in [0.25, 0.3) is 5.69 Å². The Morgan fingerprint density at radius 3 is 2.81 bits per heavy atom. The first-order chi connectivity index (χ1) is 7.68. The molecule has 1 aromatic carbocycles. The van der Waals surface area contributed by atoms with Crippen molar-refractivity contribution < 1.29 is 4.92 Å². The van der Waals surface area contributed by atoms with Crippen molar-refractivity contribution >= 4 is 28.4 Å². The van der Waals surface area contributed by atoms with Gasteiger partial charge in [0.1, 0.15) is 5.69 Å². The van der Waals surface area contributed by atoms with Crippen molar-refractivity contribution in [3.8, 4) is 0 Å². The van der Waals surface area contributed by atoms with E-state index in [1.807, 2.05) is 29.8 Å². The topological polar surface area (TPSA) is 55.2 Å². The van der Waals surface area contributed by atoms with Crippen LogP contribution in [0.25, 0.3) is 0 Å². The van der Waals surface area contributed by atoms with Gasteiger partial charge >= 0.3 is 0 Å². The molecule has 82 valence electrons. The number of nitro groups is 1. The number of nitro benzene ring substituents is 1. The van der Waals surface area contributed by atoms with Crippen molar-refractivity contribution in [2.45, 2.75) is 6.92 Å². The van der Waals surface area contributed by atoms with E-state index in [0.717, 1.165) is 11.3 Å². The standard InChI is InChI=1S/C11H10N2O2S/c1-8-3-2-4-10(13(14)15)11(8)12-9-5-6-16-7-9/h2-7,12H,1H3. The molecule has 5 heteroatoms. The van der Waals surface area contributed by atoms with Crippen LogP contribution in [-0.2, 0) is 0 Å². The van der Waals surface area contributed by atoms with Crippen LogP contribution >= 0.6 is 11.3 Å². The summed E-state index contributed by atoms with van der Waals surface area (Å²) in [6.45, 7) is 1.85. The summed E-state index contributed by atoms with van der Waals surface area (Å²) in [5, 5.41) is 17.8. The second-order valence-corrected chi connectivity index (χ2v) is 4.14. The van der Waals surface area contributed by atoms with Gasteiger partial charge in [-0.05, 0) is 23.9 Å². The van der Waals surface area contributed by atoms with Crippen LogP contribution in [0.2, 0.25) is 0 Å². The summed E-state index contributed by atoms with van der Waals surface area (Å²) in [6.07, 6.45) is 0. The molecule has 2 rings (SSSR count). The molecular weight excluding hydrogens is 224 g/mol. The minimum atomic E-state index is -0.373. The molecule has 0 amide bonds. The minimum Gasteiger partial charge on any atom is -0.349 e. The number of nitrogens with zero attached hydrogens (tertiary/aromatic N) is 1. The third-order valence-electron chi connectivity index (χ3n) is 2.24. The zero-order chi connectivity index (χ0) is 11.5. The summed E-state index contributed by atoms with van der Waals surface area (Å²) in [6, 6.07) is 6.93. The summed E-state index contributed by atoms with van der Waals surface area (Å²) in [7, 11) is 0. The van der Waals surface area contributed by atoms with Gasteiger partial charge in [0.05, 0.1) is 4.92 Å². The molecule has 1 N–H and O–H groups in total. The molecule has 0 saturated carbocycles. The SMILES string of the molecule is Cc1cccc([N+](=O)[O-])c1Nc1ccsc1. The quantitative estimate of drug-likeness (QED) is 0.650. The summed E-state index contributed by atoms with van der Waals surface area (Å²) >= 11 is 1.55. The molecule has 0 atom stereocenters. The van der Waals surface area contributed by atoms with Gasteiger partial charge in [0.2, 0.25) is 0 Å². The van der Waals surface area contributed by atoms with E-state index in [-0.39, 0.29) is 10.6 Å². The predicted molar refractivity (Wildman–Crippen MR) is 65.4 cm³/mol. The first-order valence-corrected chi connectivity index (χ1v) is 5.66. The predicted octanol–water partition coefficient (Wildman–Crippen LogP) is 3.71. The average Bonchev–Trinajstić information content (AvgIpc) is 2.73. The Labute approximate surface area is 96.7 Å². The third-order valence-corrected chi connectivity index (χ3v) is 2.92. The highest BCUT2D eigenvalue weighted by Crippen LogP contribution is 2.31. The van der Waals surface area contributed by atoms with Gasteiger partial charge in [0.15, 0.2) is 0 Å². The molecule has 0 saturated heterocycles. The molecule has 0 aliphatic carbocycles. The van der Waals surface area contributed by atoms with Gasteiger partial charge < -0.3 is 5.32 Å². The third kappa shape index (κ3) is 2.04. The van der Waals surface area contributed by atoms with Gasteiger partial charge in [-0.25, -0.2) is 0 Å². The van der Waals surface area contributed by atoms with Crippen LogP contribution in [0.15, 0.2) is 35.0 Å². The van der Waals surface area contributed by atoms with E-state index in [9.17, 15) is 10.1 Å². The summed E-state index contributed by atoms with van der Waals surface area (Å²) < 4.78 is 0. The van der Waals surface area contributed by atoms with Gasteiger partial charge in [-0.15, -0.1) is 0 Å². The van der Waals surface area contributed by atoms with E-state index in [4.69, 9.17) is 0 Å². The molecule has 0 aliphatic heterocycles. The van der Waals surface area contributed by atoms with Crippen molar-refractivity contribution in [1.29, 1.82) is 0 Å². The molecule has 16 heavy (non-hydrogen) atoms. The lowest BCUT2D eigenvalue weighted by Gasteiger charge is -2.07. The van der Waals surface area contributed by atoms with Crippen LogP contribution in [-0.4, -0.2) is 4.92 Å². The molecule has 1 aromatic heterocycles. The molecule has 0 radical (unpaired) electrons. The van der Waals surface area contributed by atoms with Crippen molar-refractivity contribution in [2.75, 3.05) is 5.32 Å². The molecule has 0 spiro atoms. The maximum atomic E-state index is 10.9. The van der Waals surface area contributed by atoms with E-state index in [1.54, 1.807) is 17.4 Å². The van der Waals surface area contributed by atoms with Gasteiger partial charge in [0, 0.05) is 17.1 Å². The Morgan fingerprint density at radius 2 is 2.19 bits per heavy atom. The van der Waals surface area contributed by atoms with Crippen molar-refractivity contribution in [3.05, 3.63) is 50.7 Å². The zero-order valence-corrected chi connectivity index (χ0v) is 9.45.